The van der Waals surface area contributed by atoms with Gasteiger partial charge in [0, 0.05) is 41.3 Å². The first-order chi connectivity index (χ1) is 10.5. The third kappa shape index (κ3) is 1.69. The van der Waals surface area contributed by atoms with E-state index in [2.05, 4.69) is 26.0 Å². The maximum absolute atomic E-state index is 6.58. The summed E-state index contributed by atoms with van der Waals surface area (Å²) in [4.78, 5) is 4.92. The first-order valence-electron chi connectivity index (χ1n) is 7.94. The molecule has 0 saturated heterocycles. The van der Waals surface area contributed by atoms with E-state index in [1.807, 2.05) is 25.3 Å². The Hall–Kier alpha value is -1.87. The van der Waals surface area contributed by atoms with Gasteiger partial charge in [-0.2, -0.15) is 0 Å². The summed E-state index contributed by atoms with van der Waals surface area (Å²) in [6, 6.07) is 8.17. The van der Waals surface area contributed by atoms with E-state index in [1.54, 1.807) is 0 Å². The number of aromatic nitrogens is 1. The summed E-state index contributed by atoms with van der Waals surface area (Å²) in [5, 5.41) is 1.06. The van der Waals surface area contributed by atoms with Gasteiger partial charge in [0.1, 0.15) is 0 Å². The maximum atomic E-state index is 6.58. The van der Waals surface area contributed by atoms with E-state index < -0.39 is 0 Å². The molecule has 2 bridgehead atoms. The molecule has 22 heavy (non-hydrogen) atoms. The molecule has 0 saturated carbocycles. The number of nitrogens with two attached hydrogens (primary N) is 1. The van der Waals surface area contributed by atoms with Gasteiger partial charge in [-0.15, -0.1) is 0 Å². The molecule has 0 spiro atoms. The van der Waals surface area contributed by atoms with Gasteiger partial charge in [0.25, 0.3) is 0 Å². The van der Waals surface area contributed by atoms with Crippen LogP contribution in [0.1, 0.15) is 37.4 Å². The number of fused-ring (bicyclic) bond motifs is 5. The van der Waals surface area contributed by atoms with Crippen LogP contribution in [0.25, 0.3) is 10.9 Å². The lowest BCUT2D eigenvalue weighted by atomic mass is 9.61. The zero-order valence-electron chi connectivity index (χ0n) is 13.4. The number of para-hydroxylation sites is 1. The van der Waals surface area contributed by atoms with Crippen LogP contribution in [0.4, 0.5) is 5.69 Å². The van der Waals surface area contributed by atoms with Crippen molar-refractivity contribution in [1.29, 1.82) is 0 Å². The van der Waals surface area contributed by atoms with Gasteiger partial charge >= 0.3 is 0 Å². The Morgan fingerprint density at radius 2 is 2.05 bits per heavy atom. The van der Waals surface area contributed by atoms with E-state index in [0.29, 0.717) is 5.92 Å². The molecule has 0 aliphatic heterocycles. The molecule has 2 aromatic rings. The minimum absolute atomic E-state index is 0.190. The lowest BCUT2D eigenvalue weighted by Gasteiger charge is -2.49. The van der Waals surface area contributed by atoms with Crippen molar-refractivity contribution < 1.29 is 4.74 Å². The minimum atomic E-state index is -0.190. The molecule has 114 valence electrons. The van der Waals surface area contributed by atoms with Gasteiger partial charge in [0.05, 0.1) is 11.1 Å². The van der Waals surface area contributed by atoms with Crippen molar-refractivity contribution >= 4 is 16.6 Å². The monoisotopic (exact) mass is 294 g/mol. The molecule has 1 aromatic heterocycles. The average Bonchev–Trinajstić information content (AvgIpc) is 2.50. The van der Waals surface area contributed by atoms with Crippen LogP contribution in [0.2, 0.25) is 0 Å². The van der Waals surface area contributed by atoms with Crippen molar-refractivity contribution in [1.82, 2.24) is 4.98 Å². The van der Waals surface area contributed by atoms with Crippen LogP contribution in [-0.4, -0.2) is 17.7 Å². The fourth-order valence-corrected chi connectivity index (χ4v) is 4.36. The molecule has 2 aliphatic carbocycles. The van der Waals surface area contributed by atoms with Crippen molar-refractivity contribution in [2.24, 2.45) is 5.92 Å². The molecule has 1 heterocycles. The summed E-state index contributed by atoms with van der Waals surface area (Å²) in [7, 11) is 1.82. The molecule has 0 radical (unpaired) electrons. The number of nitrogens with zero attached hydrogens (tertiary/aromatic N) is 1. The summed E-state index contributed by atoms with van der Waals surface area (Å²) < 4.78 is 5.99. The van der Waals surface area contributed by atoms with E-state index in [0.717, 1.165) is 35.1 Å². The van der Waals surface area contributed by atoms with Crippen molar-refractivity contribution in [3.8, 4) is 0 Å². The predicted octanol–water partition coefficient (Wildman–Crippen LogP) is 3.83. The molecule has 3 nitrogen and oxygen atoms in total. The summed E-state index contributed by atoms with van der Waals surface area (Å²) in [6.07, 6.45) is 4.27. The highest BCUT2D eigenvalue weighted by Crippen LogP contribution is 2.53. The van der Waals surface area contributed by atoms with Crippen molar-refractivity contribution in [2.45, 2.75) is 38.2 Å². The Bertz CT molecular complexity index is 795. The van der Waals surface area contributed by atoms with Crippen LogP contribution in [0, 0.1) is 5.92 Å². The van der Waals surface area contributed by atoms with Gasteiger partial charge in [0.15, 0.2) is 0 Å². The van der Waals surface area contributed by atoms with Crippen LogP contribution in [0.15, 0.2) is 35.9 Å². The predicted molar refractivity (Wildman–Crippen MR) is 89.9 cm³/mol. The highest BCUT2D eigenvalue weighted by molar-refractivity contribution is 5.92. The topological polar surface area (TPSA) is 48.1 Å². The molecule has 0 unspecified atom stereocenters. The molecular weight excluding hydrogens is 272 g/mol. The minimum Gasteiger partial charge on any atom is -0.398 e. The Kier molecular flexibility index (Phi) is 2.85. The van der Waals surface area contributed by atoms with Crippen molar-refractivity contribution in [3.63, 3.8) is 0 Å². The number of allylic oxidation sites excluding steroid dienone is 1. The van der Waals surface area contributed by atoms with E-state index in [4.69, 9.17) is 15.5 Å². The fraction of sp³-hybridized carbons (Fsp3) is 0.421. The number of hydrogen-bond donors (Lipinski definition) is 1. The third-order valence-electron chi connectivity index (χ3n) is 5.69. The zero-order chi connectivity index (χ0) is 15.5. The van der Waals surface area contributed by atoms with E-state index in [1.165, 1.54) is 11.1 Å². The highest BCUT2D eigenvalue weighted by atomic mass is 16.5. The Morgan fingerprint density at radius 1 is 1.27 bits per heavy atom. The van der Waals surface area contributed by atoms with E-state index in [9.17, 15) is 0 Å². The van der Waals surface area contributed by atoms with Gasteiger partial charge in [-0.3, -0.25) is 4.98 Å². The van der Waals surface area contributed by atoms with Crippen molar-refractivity contribution in [3.05, 3.63) is 47.2 Å². The Labute approximate surface area is 131 Å². The zero-order valence-corrected chi connectivity index (χ0v) is 13.4. The molecular formula is C19H22N2O. The quantitative estimate of drug-likeness (QED) is 0.813. The summed E-state index contributed by atoms with van der Waals surface area (Å²) >= 11 is 0. The molecule has 1 aromatic carbocycles. The standard InChI is InChI=1S/C19H22N2O/c1-11-8-12-10-16-17(14(9-11)19(12,2)22-3)18(20)13-6-4-5-7-15(13)21-16/h4-8,12,14H,9-10H2,1-3H3,(H2,20,21)/t12-,14-,19-/m0/s1. The molecule has 0 amide bonds. The first-order valence-corrected chi connectivity index (χ1v) is 7.94. The second-order valence-electron chi connectivity index (χ2n) is 6.87. The number of nitrogen functional groups attached to an aromatic ring is 1. The van der Waals surface area contributed by atoms with E-state index in [-0.39, 0.29) is 11.5 Å². The number of methoxy groups -OCH3 is 1. The summed E-state index contributed by atoms with van der Waals surface area (Å²) in [5.41, 5.74) is 12.1. The number of anilines is 1. The largest absolute Gasteiger partial charge is 0.398 e. The van der Waals surface area contributed by atoms with Crippen LogP contribution in [0.5, 0.6) is 0 Å². The number of benzene rings is 1. The van der Waals surface area contributed by atoms with Crippen LogP contribution in [0.3, 0.4) is 0 Å². The fourth-order valence-electron chi connectivity index (χ4n) is 4.36. The van der Waals surface area contributed by atoms with Gasteiger partial charge in [0.2, 0.25) is 0 Å². The van der Waals surface area contributed by atoms with Gasteiger partial charge in [-0.25, -0.2) is 0 Å². The SMILES string of the molecule is CO[C@@]1(C)[C@H]2C=C(C)C[C@H]1c1c(nc3ccccc3c1N)C2. The van der Waals surface area contributed by atoms with Gasteiger partial charge in [-0.05, 0) is 32.8 Å². The molecule has 2 N–H and O–H groups in total. The second kappa shape index (κ2) is 4.56. The molecule has 2 aliphatic rings. The van der Waals surface area contributed by atoms with Crippen LogP contribution >= 0.6 is 0 Å². The third-order valence-corrected chi connectivity index (χ3v) is 5.69. The summed E-state index contributed by atoms with van der Waals surface area (Å²) in [5.74, 6) is 0.658. The Balaban J connectivity index is 2.01. The molecule has 3 heteroatoms. The average molecular weight is 294 g/mol. The van der Waals surface area contributed by atoms with Gasteiger partial charge < -0.3 is 10.5 Å². The van der Waals surface area contributed by atoms with Crippen LogP contribution in [-0.2, 0) is 11.2 Å². The molecule has 3 atom stereocenters. The smallest absolute Gasteiger partial charge is 0.0789 e. The Morgan fingerprint density at radius 3 is 2.82 bits per heavy atom. The number of pyridine rings is 1. The molecule has 4 rings (SSSR count). The lowest BCUT2D eigenvalue weighted by molar-refractivity contribution is -0.0618. The van der Waals surface area contributed by atoms with Gasteiger partial charge in [-0.1, -0.05) is 29.8 Å². The number of ether oxygens (including phenoxy) is 1. The molecule has 0 fully saturated rings. The lowest BCUT2D eigenvalue weighted by Crippen LogP contribution is -2.49. The number of hydrogen-bond acceptors (Lipinski definition) is 3. The number of rotatable bonds is 1. The normalized spacial score (nSPS) is 30.0. The summed E-state index contributed by atoms with van der Waals surface area (Å²) in [6.45, 7) is 4.44. The maximum Gasteiger partial charge on any atom is 0.0789 e. The highest BCUT2D eigenvalue weighted by Gasteiger charge is 2.49. The second-order valence-corrected chi connectivity index (χ2v) is 6.87. The van der Waals surface area contributed by atoms with Crippen molar-refractivity contribution in [2.75, 3.05) is 12.8 Å². The first kappa shape index (κ1) is 13.8. The van der Waals surface area contributed by atoms with E-state index >= 15 is 0 Å². The van der Waals surface area contributed by atoms with Crippen LogP contribution < -0.4 is 5.73 Å².